The third kappa shape index (κ3) is 6.64. The Morgan fingerprint density at radius 1 is 1.14 bits per heavy atom. The van der Waals surface area contributed by atoms with Gasteiger partial charge in [-0.05, 0) is 54.4 Å². The van der Waals surface area contributed by atoms with Crippen LogP contribution >= 0.6 is 35.6 Å². The van der Waals surface area contributed by atoms with Crippen molar-refractivity contribution in [1.82, 2.24) is 20.8 Å². The highest BCUT2D eigenvalue weighted by atomic mass is 127. The number of guanidine groups is 1. The highest BCUT2D eigenvalue weighted by Crippen LogP contribution is 2.18. The number of hydrogen-bond acceptors (Lipinski definition) is 4. The Bertz CT molecular complexity index is 965. The summed E-state index contributed by atoms with van der Waals surface area (Å²) in [5.41, 5.74) is 1.09. The summed E-state index contributed by atoms with van der Waals surface area (Å²) in [6.45, 7) is 0.633. The molecular formula is C19H19ClF2IN5O. The molecule has 2 N–H and O–H groups in total. The van der Waals surface area contributed by atoms with Crippen LogP contribution in [0.5, 0.6) is 0 Å². The van der Waals surface area contributed by atoms with E-state index in [1.54, 1.807) is 31.3 Å². The first-order valence-corrected chi connectivity index (χ1v) is 8.90. The molecule has 0 atom stereocenters. The molecule has 0 aliphatic heterocycles. The summed E-state index contributed by atoms with van der Waals surface area (Å²) in [6, 6.07) is 10.5. The normalized spacial score (nSPS) is 11.1. The molecule has 0 aliphatic rings. The maximum Gasteiger partial charge on any atom is 0.246 e. The fourth-order valence-corrected chi connectivity index (χ4v) is 2.60. The van der Waals surface area contributed by atoms with Gasteiger partial charge < -0.3 is 15.2 Å². The maximum absolute atomic E-state index is 13.6. The van der Waals surface area contributed by atoms with Crippen molar-refractivity contribution < 1.29 is 13.3 Å². The number of aliphatic imine (C=N–C) groups is 1. The first-order chi connectivity index (χ1) is 13.5. The summed E-state index contributed by atoms with van der Waals surface area (Å²) in [6.07, 6.45) is 0.311. The predicted molar refractivity (Wildman–Crippen MR) is 118 cm³/mol. The van der Waals surface area contributed by atoms with Gasteiger partial charge in [-0.2, -0.15) is 4.98 Å². The molecule has 1 aromatic heterocycles. The average molecular weight is 534 g/mol. The molecule has 29 heavy (non-hydrogen) atoms. The number of nitrogens with zero attached hydrogens (tertiary/aromatic N) is 3. The zero-order chi connectivity index (χ0) is 19.9. The van der Waals surface area contributed by atoms with Gasteiger partial charge in [0.05, 0.1) is 6.54 Å². The zero-order valence-corrected chi connectivity index (χ0v) is 18.5. The lowest BCUT2D eigenvalue weighted by atomic mass is 10.1. The lowest BCUT2D eigenvalue weighted by Gasteiger charge is -2.10. The van der Waals surface area contributed by atoms with Gasteiger partial charge in [-0.15, -0.1) is 24.0 Å². The fraction of sp³-hybridized carbons (Fsp3) is 0.211. The lowest BCUT2D eigenvalue weighted by Crippen LogP contribution is -2.38. The van der Waals surface area contributed by atoms with Gasteiger partial charge in [0.2, 0.25) is 11.7 Å². The van der Waals surface area contributed by atoms with Crippen molar-refractivity contribution >= 4 is 41.5 Å². The summed E-state index contributed by atoms with van der Waals surface area (Å²) in [5, 5.41) is 10.6. The number of benzene rings is 2. The quantitative estimate of drug-likeness (QED) is 0.282. The third-order valence-electron chi connectivity index (χ3n) is 3.90. The molecule has 154 valence electrons. The highest BCUT2D eigenvalue weighted by molar-refractivity contribution is 14.0. The van der Waals surface area contributed by atoms with Crippen molar-refractivity contribution in [1.29, 1.82) is 0 Å². The van der Waals surface area contributed by atoms with Gasteiger partial charge in [-0.1, -0.05) is 16.8 Å². The summed E-state index contributed by atoms with van der Waals surface area (Å²) >= 11 is 5.87. The third-order valence-corrected chi connectivity index (χ3v) is 4.15. The Labute approximate surface area is 188 Å². The molecule has 0 amide bonds. The molecule has 0 aliphatic carbocycles. The summed E-state index contributed by atoms with van der Waals surface area (Å²) in [5.74, 6) is 0.406. The van der Waals surface area contributed by atoms with Crippen molar-refractivity contribution in [2.75, 3.05) is 13.6 Å². The molecule has 6 nitrogen and oxygen atoms in total. The van der Waals surface area contributed by atoms with E-state index in [9.17, 15) is 8.78 Å². The van der Waals surface area contributed by atoms with E-state index in [1.807, 2.05) is 0 Å². The monoisotopic (exact) mass is 533 g/mol. The summed E-state index contributed by atoms with van der Waals surface area (Å²) < 4.78 is 32.0. The van der Waals surface area contributed by atoms with Gasteiger partial charge in [0.25, 0.3) is 0 Å². The van der Waals surface area contributed by atoms with Gasteiger partial charge in [0.1, 0.15) is 11.6 Å². The minimum absolute atomic E-state index is 0. The van der Waals surface area contributed by atoms with Crippen LogP contribution in [-0.2, 0) is 13.0 Å². The van der Waals surface area contributed by atoms with Crippen molar-refractivity contribution in [3.63, 3.8) is 0 Å². The maximum atomic E-state index is 13.6. The molecule has 3 rings (SSSR count). The molecule has 0 spiro atoms. The summed E-state index contributed by atoms with van der Waals surface area (Å²) in [4.78, 5) is 8.38. The Morgan fingerprint density at radius 3 is 2.62 bits per heavy atom. The van der Waals surface area contributed by atoms with Crippen molar-refractivity contribution in [2.45, 2.75) is 13.0 Å². The van der Waals surface area contributed by atoms with Crippen molar-refractivity contribution in [3.8, 4) is 11.4 Å². The van der Waals surface area contributed by atoms with E-state index in [0.717, 1.165) is 17.7 Å². The largest absolute Gasteiger partial charge is 0.356 e. The fourth-order valence-electron chi connectivity index (χ4n) is 2.47. The number of rotatable bonds is 6. The van der Waals surface area contributed by atoms with E-state index >= 15 is 0 Å². The number of halogens is 4. The van der Waals surface area contributed by atoms with Crippen LogP contribution in [0.4, 0.5) is 8.78 Å². The molecule has 0 saturated heterocycles. The van der Waals surface area contributed by atoms with Crippen LogP contribution < -0.4 is 10.6 Å². The molecule has 1 heterocycles. The van der Waals surface area contributed by atoms with Crippen LogP contribution in [-0.4, -0.2) is 29.7 Å². The first-order valence-electron chi connectivity index (χ1n) is 8.52. The van der Waals surface area contributed by atoms with Gasteiger partial charge in [0.15, 0.2) is 5.96 Å². The second-order valence-corrected chi connectivity index (χ2v) is 6.29. The van der Waals surface area contributed by atoms with Gasteiger partial charge in [-0.3, -0.25) is 4.99 Å². The Balaban J connectivity index is 0.00000300. The molecule has 2 aromatic carbocycles. The molecule has 3 aromatic rings. The minimum atomic E-state index is -0.466. The second-order valence-electron chi connectivity index (χ2n) is 5.86. The minimum Gasteiger partial charge on any atom is -0.356 e. The Morgan fingerprint density at radius 2 is 1.90 bits per heavy atom. The molecule has 0 fully saturated rings. The number of nitrogens with one attached hydrogen (secondary N) is 2. The average Bonchev–Trinajstić information content (AvgIpc) is 3.16. The Hall–Kier alpha value is -2.27. The van der Waals surface area contributed by atoms with Crippen LogP contribution in [0.3, 0.4) is 0 Å². The lowest BCUT2D eigenvalue weighted by molar-refractivity contribution is 0.375. The van der Waals surface area contributed by atoms with Crippen LogP contribution in [0.15, 0.2) is 52.0 Å². The number of aromatic nitrogens is 2. The first kappa shape index (κ1) is 23.0. The molecule has 0 saturated carbocycles. The van der Waals surface area contributed by atoms with Crippen molar-refractivity contribution in [2.24, 2.45) is 4.99 Å². The number of hydrogen-bond donors (Lipinski definition) is 2. The Kier molecular flexibility index (Phi) is 8.77. The van der Waals surface area contributed by atoms with Crippen LogP contribution in [0.2, 0.25) is 5.02 Å². The smallest absolute Gasteiger partial charge is 0.246 e. The van der Waals surface area contributed by atoms with Crippen LogP contribution in [0, 0.1) is 11.6 Å². The SMILES string of the molecule is CN=C(NCCc1cc(F)ccc1F)NCc1nc(-c2ccc(Cl)cc2)no1.I. The van der Waals surface area contributed by atoms with E-state index < -0.39 is 11.6 Å². The van der Waals surface area contributed by atoms with E-state index in [2.05, 4.69) is 25.8 Å². The van der Waals surface area contributed by atoms with Gasteiger partial charge >= 0.3 is 0 Å². The molecule has 10 heteroatoms. The van der Waals surface area contributed by atoms with E-state index in [-0.39, 0.29) is 30.5 Å². The zero-order valence-electron chi connectivity index (χ0n) is 15.5. The van der Waals surface area contributed by atoms with E-state index in [1.165, 1.54) is 6.07 Å². The second kappa shape index (κ2) is 11.1. The predicted octanol–water partition coefficient (Wildman–Crippen LogP) is 4.19. The van der Waals surface area contributed by atoms with Gasteiger partial charge in [0, 0.05) is 24.2 Å². The molecule has 0 unspecified atom stereocenters. The van der Waals surface area contributed by atoms with E-state index in [0.29, 0.717) is 41.2 Å². The highest BCUT2D eigenvalue weighted by Gasteiger charge is 2.10. The topological polar surface area (TPSA) is 75.3 Å². The van der Waals surface area contributed by atoms with Crippen molar-refractivity contribution in [3.05, 3.63) is 70.6 Å². The standard InChI is InChI=1S/C19H18ClF2N5O.HI/c1-23-19(24-9-8-13-10-15(21)6-7-16(13)22)25-11-17-26-18(27-28-17)12-2-4-14(20)5-3-12;/h2-7,10H,8-9,11H2,1H3,(H2,23,24,25);1H. The molecule has 0 radical (unpaired) electrons. The summed E-state index contributed by atoms with van der Waals surface area (Å²) in [7, 11) is 1.60. The van der Waals surface area contributed by atoms with Crippen LogP contribution in [0.25, 0.3) is 11.4 Å². The molecule has 0 bridgehead atoms. The molecular weight excluding hydrogens is 515 g/mol. The van der Waals surface area contributed by atoms with Gasteiger partial charge in [-0.25, -0.2) is 8.78 Å². The van der Waals surface area contributed by atoms with E-state index in [4.69, 9.17) is 16.1 Å². The van der Waals surface area contributed by atoms with Crippen LogP contribution in [0.1, 0.15) is 11.5 Å².